The van der Waals surface area contributed by atoms with E-state index < -0.39 is 5.62 Å². The highest BCUT2D eigenvalue weighted by molar-refractivity contribution is 6.22. The van der Waals surface area contributed by atoms with Crippen LogP contribution in [0.1, 0.15) is 24.1 Å². The lowest BCUT2D eigenvalue weighted by atomic mass is 10.1. The molecule has 1 atom stereocenters. The number of aryl methyl sites for hydroxylation is 2. The lowest BCUT2D eigenvalue weighted by Crippen LogP contribution is -2.26. The maximum atomic E-state index is 6.18. The quantitative estimate of drug-likeness (QED) is 0.604. The molecule has 0 bridgehead atoms. The Balaban J connectivity index is 1.34. The molecule has 2 aliphatic rings. The van der Waals surface area contributed by atoms with Crippen LogP contribution in [-0.4, -0.2) is 28.6 Å². The number of benzene rings is 1. The molecule has 0 spiro atoms. The molecule has 6 heteroatoms. The van der Waals surface area contributed by atoms with E-state index in [1.54, 1.807) is 6.21 Å². The Bertz CT molecular complexity index is 781. The summed E-state index contributed by atoms with van der Waals surface area (Å²) in [7, 11) is 0. The van der Waals surface area contributed by atoms with Crippen LogP contribution in [0.3, 0.4) is 0 Å². The average Bonchev–Trinajstić information content (AvgIpc) is 3.35. The van der Waals surface area contributed by atoms with Crippen LogP contribution in [0, 0.1) is 5.92 Å². The third-order valence-electron chi connectivity index (χ3n) is 4.42. The average molecular weight is 357 g/mol. The number of anilines is 1. The van der Waals surface area contributed by atoms with E-state index in [-0.39, 0.29) is 0 Å². The molecule has 2 aromatic rings. The van der Waals surface area contributed by atoms with Crippen molar-refractivity contribution in [1.29, 1.82) is 0 Å². The minimum atomic E-state index is -0.443. The Kier molecular flexibility index (Phi) is 4.74. The maximum Gasteiger partial charge on any atom is 0.202 e. The number of aromatic nitrogens is 2. The van der Waals surface area contributed by atoms with Gasteiger partial charge in [0, 0.05) is 24.2 Å². The molecule has 25 heavy (non-hydrogen) atoms. The van der Waals surface area contributed by atoms with Crippen molar-refractivity contribution in [3.63, 3.8) is 0 Å². The second-order valence-corrected chi connectivity index (χ2v) is 6.90. The van der Waals surface area contributed by atoms with Crippen LogP contribution in [0.5, 0.6) is 5.75 Å². The fourth-order valence-corrected chi connectivity index (χ4v) is 2.99. The summed E-state index contributed by atoms with van der Waals surface area (Å²) in [6, 6.07) is 10.4. The van der Waals surface area contributed by atoms with Gasteiger partial charge in [-0.05, 0) is 55.4 Å². The lowest BCUT2D eigenvalue weighted by molar-refractivity contribution is 0.299. The number of alkyl halides is 1. The van der Waals surface area contributed by atoms with Gasteiger partial charge in [-0.1, -0.05) is 23.7 Å². The normalized spacial score (nSPS) is 19.4. The molecule has 2 heterocycles. The largest absolute Gasteiger partial charge is 0.493 e. The first-order chi connectivity index (χ1) is 12.3. The van der Waals surface area contributed by atoms with Gasteiger partial charge in [0.25, 0.3) is 0 Å². The minimum Gasteiger partial charge on any atom is -0.493 e. The van der Waals surface area contributed by atoms with E-state index in [0.29, 0.717) is 0 Å². The summed E-state index contributed by atoms with van der Waals surface area (Å²) < 4.78 is 5.86. The molecule has 1 aliphatic heterocycles. The minimum absolute atomic E-state index is 0.443. The number of aliphatic imine (C=N–C) groups is 1. The predicted molar refractivity (Wildman–Crippen MR) is 100 cm³/mol. The summed E-state index contributed by atoms with van der Waals surface area (Å²) in [5.41, 5.74) is 1.90. The van der Waals surface area contributed by atoms with Gasteiger partial charge in [0.05, 0.1) is 6.61 Å². The van der Waals surface area contributed by atoms with E-state index in [4.69, 9.17) is 16.3 Å². The first-order valence-corrected chi connectivity index (χ1v) is 9.10. The molecule has 0 saturated heterocycles. The van der Waals surface area contributed by atoms with E-state index in [9.17, 15) is 0 Å². The van der Waals surface area contributed by atoms with Gasteiger partial charge >= 0.3 is 0 Å². The Morgan fingerprint density at radius 1 is 1.24 bits per heavy atom. The number of H-pyrrole nitrogens is 1. The summed E-state index contributed by atoms with van der Waals surface area (Å²) in [5.74, 6) is 2.52. The molecule has 1 saturated carbocycles. The third kappa shape index (κ3) is 4.23. The number of allylic oxidation sites excluding steroid dienone is 1. The van der Waals surface area contributed by atoms with Crippen molar-refractivity contribution in [2.24, 2.45) is 10.9 Å². The van der Waals surface area contributed by atoms with E-state index in [0.717, 1.165) is 42.6 Å². The monoisotopic (exact) mass is 356 g/mol. The highest BCUT2D eigenvalue weighted by Crippen LogP contribution is 2.29. The number of halogens is 1. The van der Waals surface area contributed by atoms with Crippen molar-refractivity contribution in [2.75, 3.05) is 11.5 Å². The van der Waals surface area contributed by atoms with Crippen LogP contribution >= 0.6 is 11.6 Å². The number of hydrogen-bond donors (Lipinski definition) is 1. The molecule has 1 fully saturated rings. The van der Waals surface area contributed by atoms with Crippen molar-refractivity contribution in [3.8, 4) is 5.75 Å². The molecule has 1 aromatic heterocycles. The van der Waals surface area contributed by atoms with Crippen LogP contribution in [-0.2, 0) is 12.8 Å². The van der Waals surface area contributed by atoms with E-state index in [1.807, 2.05) is 29.3 Å². The van der Waals surface area contributed by atoms with E-state index in [1.165, 1.54) is 18.4 Å². The van der Waals surface area contributed by atoms with Crippen LogP contribution < -0.4 is 9.64 Å². The van der Waals surface area contributed by atoms with Crippen molar-refractivity contribution in [1.82, 2.24) is 10.2 Å². The Labute approximate surface area is 152 Å². The van der Waals surface area contributed by atoms with Crippen molar-refractivity contribution < 1.29 is 4.74 Å². The number of aromatic amines is 1. The molecule has 1 aromatic carbocycles. The number of nitrogens with zero attached hydrogens (tertiary/aromatic N) is 3. The zero-order chi connectivity index (χ0) is 17.1. The zero-order valence-electron chi connectivity index (χ0n) is 13.9. The van der Waals surface area contributed by atoms with Gasteiger partial charge in [-0.15, -0.1) is 0 Å². The molecule has 1 unspecified atom stereocenters. The Morgan fingerprint density at radius 2 is 2.16 bits per heavy atom. The Morgan fingerprint density at radius 3 is 3.00 bits per heavy atom. The first kappa shape index (κ1) is 16.2. The molecule has 4 rings (SSSR count). The maximum absolute atomic E-state index is 6.18. The smallest absolute Gasteiger partial charge is 0.202 e. The molecule has 1 aliphatic carbocycles. The highest BCUT2D eigenvalue weighted by atomic mass is 35.5. The van der Waals surface area contributed by atoms with Crippen LogP contribution in [0.15, 0.2) is 47.6 Å². The van der Waals surface area contributed by atoms with Gasteiger partial charge in [-0.3, -0.25) is 15.0 Å². The van der Waals surface area contributed by atoms with Crippen LogP contribution in [0.25, 0.3) is 0 Å². The zero-order valence-corrected chi connectivity index (χ0v) is 14.7. The molecular formula is C19H21ClN4O. The Hall–Kier alpha value is -2.27. The number of rotatable bonds is 7. The van der Waals surface area contributed by atoms with Crippen LogP contribution in [0.2, 0.25) is 0 Å². The van der Waals surface area contributed by atoms with Crippen molar-refractivity contribution in [2.45, 2.75) is 31.3 Å². The molecule has 0 radical (unpaired) electrons. The number of ether oxygens (including phenoxy) is 1. The van der Waals surface area contributed by atoms with Gasteiger partial charge in [0.2, 0.25) is 5.62 Å². The van der Waals surface area contributed by atoms with Crippen molar-refractivity contribution in [3.05, 3.63) is 53.9 Å². The highest BCUT2D eigenvalue weighted by Gasteiger charge is 2.22. The fourth-order valence-electron chi connectivity index (χ4n) is 2.76. The second kappa shape index (κ2) is 7.31. The van der Waals surface area contributed by atoms with Gasteiger partial charge in [0.1, 0.15) is 5.75 Å². The van der Waals surface area contributed by atoms with Crippen LogP contribution in [0.4, 0.5) is 5.82 Å². The summed E-state index contributed by atoms with van der Waals surface area (Å²) in [5, 5.41) is 7.43. The van der Waals surface area contributed by atoms with E-state index in [2.05, 4.69) is 33.4 Å². The second-order valence-electron chi connectivity index (χ2n) is 6.51. The van der Waals surface area contributed by atoms with Gasteiger partial charge in [0.15, 0.2) is 5.82 Å². The number of hydrogen-bond acceptors (Lipinski definition) is 4. The number of nitrogens with one attached hydrogen (secondary N) is 1. The van der Waals surface area contributed by atoms with E-state index >= 15 is 0 Å². The molecule has 0 amide bonds. The standard InChI is InChI=1S/C19H21ClN4O/c20-19-21-9-2-10-24(19)18-12-16(22-23-18)8-7-14-3-1-4-17(11-14)25-13-15-5-6-15/h1-4,9-12,15,19H,5-8,13H2,(H,22,23). The molecule has 1 N–H and O–H groups in total. The topological polar surface area (TPSA) is 53.5 Å². The molecule has 130 valence electrons. The lowest BCUT2D eigenvalue weighted by Gasteiger charge is -2.21. The summed E-state index contributed by atoms with van der Waals surface area (Å²) in [6.45, 7) is 0.846. The SMILES string of the molecule is ClC1N=CC=CN1c1cc(CCc2cccc(OCC3CC3)c2)[nH]n1. The van der Waals surface area contributed by atoms with Gasteiger partial charge < -0.3 is 4.74 Å². The van der Waals surface area contributed by atoms with Gasteiger partial charge in [-0.2, -0.15) is 5.10 Å². The summed E-state index contributed by atoms with van der Waals surface area (Å²) in [4.78, 5) is 5.97. The first-order valence-electron chi connectivity index (χ1n) is 8.66. The predicted octanol–water partition coefficient (Wildman–Crippen LogP) is 3.91. The molecule has 5 nitrogen and oxygen atoms in total. The summed E-state index contributed by atoms with van der Waals surface area (Å²) in [6.07, 6.45) is 9.85. The third-order valence-corrected chi connectivity index (χ3v) is 4.74. The van der Waals surface area contributed by atoms with Gasteiger partial charge in [-0.25, -0.2) is 0 Å². The fraction of sp³-hybridized carbons (Fsp3) is 0.368. The molecular weight excluding hydrogens is 336 g/mol. The van der Waals surface area contributed by atoms with Crippen molar-refractivity contribution >= 4 is 23.6 Å². The summed E-state index contributed by atoms with van der Waals surface area (Å²) >= 11 is 6.18.